The van der Waals surface area contributed by atoms with Crippen LogP contribution in [0.4, 0.5) is 0 Å². The smallest absolute Gasteiger partial charge is 0.305 e. The maximum Gasteiger partial charge on any atom is 0.305 e. The molecule has 2 aliphatic carbocycles. The number of ether oxygens (including phenoxy) is 1. The summed E-state index contributed by atoms with van der Waals surface area (Å²) in [5.41, 5.74) is 3.03. The largest absolute Gasteiger partial charge is 0.469 e. The first-order valence-corrected chi connectivity index (χ1v) is 9.42. The summed E-state index contributed by atoms with van der Waals surface area (Å²) in [4.78, 5) is 11.3. The van der Waals surface area contributed by atoms with Gasteiger partial charge in [0.1, 0.15) is 5.76 Å². The van der Waals surface area contributed by atoms with Crippen LogP contribution >= 0.6 is 0 Å². The van der Waals surface area contributed by atoms with E-state index in [1.54, 1.807) is 0 Å². The fourth-order valence-electron chi connectivity index (χ4n) is 4.12. The zero-order valence-corrected chi connectivity index (χ0v) is 15.6. The molecule has 2 saturated carbocycles. The van der Waals surface area contributed by atoms with Crippen LogP contribution in [0.25, 0.3) is 0 Å². The number of hydrogen-bond donors (Lipinski definition) is 0. The molecular weight excluding hydrogens is 302 g/mol. The monoisotopic (exact) mass is 333 g/mol. The highest BCUT2D eigenvalue weighted by molar-refractivity contribution is 5.69. The fraction of sp³-hybridized carbons (Fsp3) is 0.800. The number of hydrogen-bond acceptors (Lipinski definition) is 4. The van der Waals surface area contributed by atoms with Gasteiger partial charge in [-0.2, -0.15) is 0 Å². The fourth-order valence-corrected chi connectivity index (χ4v) is 4.12. The molecule has 0 radical (unpaired) electrons. The third-order valence-corrected chi connectivity index (χ3v) is 5.35. The van der Waals surface area contributed by atoms with E-state index in [1.807, 2.05) is 0 Å². The molecule has 0 aliphatic heterocycles. The lowest BCUT2D eigenvalue weighted by atomic mass is 9.66. The van der Waals surface area contributed by atoms with Crippen molar-refractivity contribution in [3.63, 3.8) is 0 Å². The van der Waals surface area contributed by atoms with E-state index in [-0.39, 0.29) is 5.97 Å². The van der Waals surface area contributed by atoms with Crippen LogP contribution in [0.3, 0.4) is 0 Å². The molecule has 0 spiro atoms. The van der Waals surface area contributed by atoms with Crippen molar-refractivity contribution in [3.8, 4) is 0 Å². The Bertz CT molecular complexity index is 574. The highest BCUT2D eigenvalue weighted by Gasteiger charge is 2.40. The van der Waals surface area contributed by atoms with Crippen LogP contribution in [0.1, 0.15) is 94.6 Å². The Balaban J connectivity index is 1.60. The van der Waals surface area contributed by atoms with E-state index in [1.165, 1.54) is 50.5 Å². The number of rotatable bonds is 7. The molecule has 0 saturated heterocycles. The molecule has 4 nitrogen and oxygen atoms in total. The number of aryl methyl sites for hydroxylation is 1. The van der Waals surface area contributed by atoms with Crippen molar-refractivity contribution in [1.29, 1.82) is 0 Å². The van der Waals surface area contributed by atoms with Crippen LogP contribution in [0, 0.1) is 11.3 Å². The van der Waals surface area contributed by atoms with Gasteiger partial charge in [0.15, 0.2) is 0 Å². The van der Waals surface area contributed by atoms with Crippen molar-refractivity contribution in [3.05, 3.63) is 17.0 Å². The quantitative estimate of drug-likeness (QED) is 0.661. The summed E-state index contributed by atoms with van der Waals surface area (Å²) in [5.74, 6) is 2.95. The molecule has 0 N–H and O–H groups in total. The normalized spacial score (nSPS) is 23.8. The van der Waals surface area contributed by atoms with Crippen LogP contribution < -0.4 is 0 Å². The zero-order valence-electron chi connectivity index (χ0n) is 15.6. The predicted molar refractivity (Wildman–Crippen MR) is 93.0 cm³/mol. The maximum atomic E-state index is 11.3. The lowest BCUT2D eigenvalue weighted by Crippen LogP contribution is -2.27. The SMILES string of the molecule is COC(=O)CCCc1onc(C2CC(CC(C)(C)C)C2)c1C1CC1. The van der Waals surface area contributed by atoms with Gasteiger partial charge in [-0.25, -0.2) is 0 Å². The highest BCUT2D eigenvalue weighted by atomic mass is 16.5. The summed E-state index contributed by atoms with van der Waals surface area (Å²) < 4.78 is 10.4. The molecule has 24 heavy (non-hydrogen) atoms. The first-order chi connectivity index (χ1) is 11.4. The third kappa shape index (κ3) is 4.20. The lowest BCUT2D eigenvalue weighted by molar-refractivity contribution is -0.140. The molecule has 1 aromatic heterocycles. The van der Waals surface area contributed by atoms with Crippen molar-refractivity contribution in [2.75, 3.05) is 7.11 Å². The topological polar surface area (TPSA) is 52.3 Å². The van der Waals surface area contributed by atoms with Gasteiger partial charge in [-0.15, -0.1) is 0 Å². The standard InChI is InChI=1S/C20H31NO3/c1-20(2,3)12-13-10-15(11-13)19-18(14-8-9-14)16(24-21-19)6-5-7-17(22)23-4/h13-15H,5-12H2,1-4H3. The molecule has 2 fully saturated rings. The van der Waals surface area contributed by atoms with Gasteiger partial charge in [0, 0.05) is 24.3 Å². The molecule has 134 valence electrons. The lowest BCUT2D eigenvalue weighted by Gasteiger charge is -2.38. The van der Waals surface area contributed by atoms with Crippen molar-refractivity contribution < 1.29 is 14.1 Å². The van der Waals surface area contributed by atoms with Crippen LogP contribution in [0.2, 0.25) is 0 Å². The van der Waals surface area contributed by atoms with Crippen LogP contribution in [-0.2, 0) is 16.0 Å². The summed E-state index contributed by atoms with van der Waals surface area (Å²) in [6.45, 7) is 6.97. The van der Waals surface area contributed by atoms with Gasteiger partial charge in [0.05, 0.1) is 12.8 Å². The van der Waals surface area contributed by atoms with Crippen molar-refractivity contribution >= 4 is 5.97 Å². The van der Waals surface area contributed by atoms with Gasteiger partial charge in [-0.3, -0.25) is 4.79 Å². The van der Waals surface area contributed by atoms with E-state index in [0.717, 1.165) is 24.5 Å². The van der Waals surface area contributed by atoms with Crippen molar-refractivity contribution in [2.24, 2.45) is 11.3 Å². The molecular formula is C20H31NO3. The molecule has 1 heterocycles. The summed E-state index contributed by atoms with van der Waals surface area (Å²) >= 11 is 0. The summed E-state index contributed by atoms with van der Waals surface area (Å²) in [6, 6.07) is 0. The summed E-state index contributed by atoms with van der Waals surface area (Å²) in [5, 5.41) is 4.46. The van der Waals surface area contributed by atoms with E-state index in [4.69, 9.17) is 9.26 Å². The molecule has 3 rings (SSSR count). The summed E-state index contributed by atoms with van der Waals surface area (Å²) in [7, 11) is 1.44. The first-order valence-electron chi connectivity index (χ1n) is 9.42. The van der Waals surface area contributed by atoms with Gasteiger partial charge in [0.25, 0.3) is 0 Å². The molecule has 0 atom stereocenters. The second-order valence-corrected chi connectivity index (χ2v) is 8.91. The molecule has 0 unspecified atom stereocenters. The minimum absolute atomic E-state index is 0.147. The number of carbonyl (C=O) groups excluding carboxylic acids is 1. The number of aromatic nitrogens is 1. The zero-order chi connectivity index (χ0) is 17.3. The Kier molecular flexibility index (Phi) is 5.03. The van der Waals surface area contributed by atoms with E-state index >= 15 is 0 Å². The average molecular weight is 333 g/mol. The third-order valence-electron chi connectivity index (χ3n) is 5.35. The van der Waals surface area contributed by atoms with E-state index < -0.39 is 0 Å². The van der Waals surface area contributed by atoms with Gasteiger partial charge >= 0.3 is 5.97 Å². The Hall–Kier alpha value is -1.32. The Morgan fingerprint density at radius 1 is 1.25 bits per heavy atom. The molecule has 0 amide bonds. The Morgan fingerprint density at radius 2 is 1.96 bits per heavy atom. The maximum absolute atomic E-state index is 11.3. The molecule has 0 aromatic carbocycles. The first kappa shape index (κ1) is 17.5. The minimum Gasteiger partial charge on any atom is -0.469 e. The number of methoxy groups -OCH3 is 1. The molecule has 2 aliphatic rings. The molecule has 4 heteroatoms. The predicted octanol–water partition coefficient (Wildman–Crippen LogP) is 4.98. The highest BCUT2D eigenvalue weighted by Crippen LogP contribution is 2.52. The van der Waals surface area contributed by atoms with E-state index in [9.17, 15) is 4.79 Å². The minimum atomic E-state index is -0.147. The molecule has 0 bridgehead atoms. The average Bonchev–Trinajstić information content (AvgIpc) is 3.22. The van der Waals surface area contributed by atoms with Gasteiger partial charge in [-0.1, -0.05) is 25.9 Å². The van der Waals surface area contributed by atoms with Crippen molar-refractivity contribution in [2.45, 2.75) is 84.0 Å². The number of esters is 1. The van der Waals surface area contributed by atoms with Gasteiger partial charge in [-0.05, 0) is 55.8 Å². The van der Waals surface area contributed by atoms with Crippen LogP contribution in [0.15, 0.2) is 4.52 Å². The second-order valence-electron chi connectivity index (χ2n) is 8.91. The Morgan fingerprint density at radius 3 is 2.54 bits per heavy atom. The van der Waals surface area contributed by atoms with E-state index in [0.29, 0.717) is 23.7 Å². The van der Waals surface area contributed by atoms with Crippen LogP contribution in [-0.4, -0.2) is 18.2 Å². The van der Waals surface area contributed by atoms with Gasteiger partial charge < -0.3 is 9.26 Å². The second kappa shape index (κ2) is 6.89. The van der Waals surface area contributed by atoms with Crippen LogP contribution in [0.5, 0.6) is 0 Å². The van der Waals surface area contributed by atoms with E-state index in [2.05, 4.69) is 25.9 Å². The Labute approximate surface area is 145 Å². The number of nitrogens with zero attached hydrogens (tertiary/aromatic N) is 1. The van der Waals surface area contributed by atoms with Crippen molar-refractivity contribution in [1.82, 2.24) is 5.16 Å². The summed E-state index contributed by atoms with van der Waals surface area (Å²) in [6.07, 6.45) is 8.35. The molecule has 1 aromatic rings. The number of carbonyl (C=O) groups is 1. The van der Waals surface area contributed by atoms with Gasteiger partial charge in [0.2, 0.25) is 0 Å².